The van der Waals surface area contributed by atoms with Crippen LogP contribution in [0.25, 0.3) is 0 Å². The summed E-state index contributed by atoms with van der Waals surface area (Å²) in [5, 5.41) is 2.85. The van der Waals surface area contributed by atoms with Gasteiger partial charge in [0, 0.05) is 5.88 Å². The third-order valence-corrected chi connectivity index (χ3v) is 0.818. The fourth-order valence-electron chi connectivity index (χ4n) is 0.271. The van der Waals surface area contributed by atoms with Crippen LogP contribution in [0.4, 0.5) is 4.79 Å². The highest BCUT2D eigenvalue weighted by Gasteiger charge is 2.06. The summed E-state index contributed by atoms with van der Waals surface area (Å²) in [5.74, 6) is 0.148. The van der Waals surface area contributed by atoms with Crippen molar-refractivity contribution in [1.82, 2.24) is 5.01 Å². The Hall–Kier alpha value is -0.840. The second-order valence-corrected chi connectivity index (χ2v) is 1.61. The van der Waals surface area contributed by atoms with Gasteiger partial charge in [-0.25, -0.2) is 4.79 Å². The van der Waals surface area contributed by atoms with Crippen molar-refractivity contribution in [3.63, 3.8) is 0 Å². The fraction of sp³-hybridized carbons (Fsp3) is 0.667. The Labute approximate surface area is 56.7 Å². The quantitative estimate of drug-likeness (QED) is 0.358. The van der Waals surface area contributed by atoms with Gasteiger partial charge in [0.25, 0.3) is 0 Å². The lowest BCUT2D eigenvalue weighted by molar-refractivity contribution is 0.212. The normalized spacial score (nSPS) is 8.56. The van der Waals surface area contributed by atoms with Crippen LogP contribution in [0.1, 0.15) is 0 Å². The van der Waals surface area contributed by atoms with Gasteiger partial charge in [-0.2, -0.15) is 5.01 Å². The number of carbonyl (C=O) groups excluding carboxylic acids is 1. The van der Waals surface area contributed by atoms with Crippen LogP contribution >= 0.6 is 11.6 Å². The highest BCUT2D eigenvalue weighted by atomic mass is 35.5. The number of hydrogen-bond donors (Lipinski definition) is 1. The van der Waals surface area contributed by atoms with Crippen LogP contribution in [0.2, 0.25) is 0 Å². The molecule has 0 aromatic heterocycles. The number of nitrogens with two attached hydrogens (primary N) is 1. The SMILES string of the molecule is NC(=O)N(CCCl)N=O. The standard InChI is InChI=1S/C3H6ClN3O2/c4-1-2-7(6-9)3(5)8/h1-2H2,(H2,5,8). The zero-order chi connectivity index (χ0) is 7.28. The minimum absolute atomic E-state index is 0.0559. The lowest BCUT2D eigenvalue weighted by atomic mass is 10.7. The van der Waals surface area contributed by atoms with Crippen molar-refractivity contribution in [2.24, 2.45) is 11.0 Å². The third-order valence-electron chi connectivity index (χ3n) is 0.649. The van der Waals surface area contributed by atoms with E-state index in [0.29, 0.717) is 5.01 Å². The van der Waals surface area contributed by atoms with Crippen molar-refractivity contribution in [2.75, 3.05) is 12.4 Å². The lowest BCUT2D eigenvalue weighted by Crippen LogP contribution is -2.32. The number of urea groups is 1. The van der Waals surface area contributed by atoms with E-state index in [0.717, 1.165) is 0 Å². The zero-order valence-corrected chi connectivity index (χ0v) is 5.34. The molecule has 0 atom stereocenters. The molecule has 0 radical (unpaired) electrons. The van der Waals surface area contributed by atoms with E-state index in [1.165, 1.54) is 0 Å². The first-order valence-electron chi connectivity index (χ1n) is 2.18. The van der Waals surface area contributed by atoms with Crippen LogP contribution in [-0.2, 0) is 0 Å². The van der Waals surface area contributed by atoms with Crippen molar-refractivity contribution in [3.05, 3.63) is 4.91 Å². The topological polar surface area (TPSA) is 75.8 Å². The summed E-state index contributed by atoms with van der Waals surface area (Å²) >= 11 is 5.17. The lowest BCUT2D eigenvalue weighted by Gasteiger charge is -2.05. The van der Waals surface area contributed by atoms with Crippen molar-refractivity contribution >= 4 is 17.6 Å². The molecule has 2 amide bonds. The molecule has 0 aliphatic rings. The number of rotatable bonds is 3. The fourth-order valence-corrected chi connectivity index (χ4v) is 0.431. The zero-order valence-electron chi connectivity index (χ0n) is 4.58. The van der Waals surface area contributed by atoms with E-state index in [4.69, 9.17) is 11.6 Å². The van der Waals surface area contributed by atoms with Crippen LogP contribution in [0, 0.1) is 4.91 Å². The summed E-state index contributed by atoms with van der Waals surface area (Å²) in [6, 6.07) is -0.884. The number of nitrogens with zero attached hydrogens (tertiary/aromatic N) is 2. The molecule has 0 heterocycles. The van der Waals surface area contributed by atoms with E-state index >= 15 is 0 Å². The van der Waals surface area contributed by atoms with E-state index in [1.807, 2.05) is 0 Å². The van der Waals surface area contributed by atoms with Crippen molar-refractivity contribution in [3.8, 4) is 0 Å². The van der Waals surface area contributed by atoms with Gasteiger partial charge < -0.3 is 5.73 Å². The molecular weight excluding hydrogens is 146 g/mol. The smallest absolute Gasteiger partial charge is 0.337 e. The van der Waals surface area contributed by atoms with Gasteiger partial charge >= 0.3 is 6.03 Å². The Kier molecular flexibility index (Phi) is 3.70. The Bertz CT molecular complexity index is 118. The average molecular weight is 152 g/mol. The second-order valence-electron chi connectivity index (χ2n) is 1.23. The number of alkyl halides is 1. The Morgan fingerprint density at radius 3 is 2.44 bits per heavy atom. The summed E-state index contributed by atoms with van der Waals surface area (Å²) < 4.78 is 0. The minimum Gasteiger partial charge on any atom is -0.350 e. The van der Waals surface area contributed by atoms with Crippen LogP contribution in [0.3, 0.4) is 0 Å². The van der Waals surface area contributed by atoms with Gasteiger partial charge in [0.1, 0.15) is 0 Å². The Morgan fingerprint density at radius 1 is 1.78 bits per heavy atom. The highest BCUT2D eigenvalue weighted by molar-refractivity contribution is 6.18. The summed E-state index contributed by atoms with van der Waals surface area (Å²) in [6.45, 7) is 0.0559. The van der Waals surface area contributed by atoms with E-state index in [-0.39, 0.29) is 12.4 Å². The third kappa shape index (κ3) is 2.86. The molecule has 0 saturated carbocycles. The monoisotopic (exact) mass is 151 g/mol. The molecule has 0 saturated heterocycles. The average Bonchev–Trinajstić information content (AvgIpc) is 1.82. The minimum atomic E-state index is -0.884. The molecule has 0 aromatic carbocycles. The first-order valence-corrected chi connectivity index (χ1v) is 2.72. The molecule has 2 N–H and O–H groups in total. The van der Waals surface area contributed by atoms with Crippen LogP contribution < -0.4 is 5.73 Å². The molecule has 0 spiro atoms. The predicted molar refractivity (Wildman–Crippen MR) is 32.8 cm³/mol. The predicted octanol–water partition coefficient (Wildman–Crippen LogP) is 0.287. The Morgan fingerprint density at radius 2 is 2.33 bits per heavy atom. The number of nitroso groups, excluding NO2 is 1. The van der Waals surface area contributed by atoms with Gasteiger partial charge in [0.15, 0.2) is 0 Å². The van der Waals surface area contributed by atoms with Gasteiger partial charge in [0.05, 0.1) is 11.8 Å². The molecule has 0 aliphatic carbocycles. The van der Waals surface area contributed by atoms with Crippen molar-refractivity contribution in [1.29, 1.82) is 0 Å². The van der Waals surface area contributed by atoms with Crippen LogP contribution in [0.15, 0.2) is 5.29 Å². The molecule has 9 heavy (non-hydrogen) atoms. The summed E-state index contributed by atoms with van der Waals surface area (Å²) in [6.07, 6.45) is 0. The summed E-state index contributed by atoms with van der Waals surface area (Å²) in [7, 11) is 0. The molecule has 0 bridgehead atoms. The van der Waals surface area contributed by atoms with E-state index in [2.05, 4.69) is 11.0 Å². The number of halogens is 1. The molecule has 0 unspecified atom stereocenters. The summed E-state index contributed by atoms with van der Waals surface area (Å²) in [4.78, 5) is 19.8. The van der Waals surface area contributed by atoms with E-state index in [9.17, 15) is 9.70 Å². The van der Waals surface area contributed by atoms with Crippen LogP contribution in [-0.4, -0.2) is 23.5 Å². The maximum absolute atomic E-state index is 10.1. The number of hydrogen-bond acceptors (Lipinski definition) is 3. The molecule has 0 aliphatic heterocycles. The number of carbonyl (C=O) groups is 1. The first-order chi connectivity index (χ1) is 4.22. The van der Waals surface area contributed by atoms with Gasteiger partial charge in [0.2, 0.25) is 0 Å². The largest absolute Gasteiger partial charge is 0.350 e. The maximum Gasteiger partial charge on any atom is 0.337 e. The highest BCUT2D eigenvalue weighted by Crippen LogP contribution is 1.88. The van der Waals surface area contributed by atoms with Gasteiger partial charge in [-0.3, -0.25) is 0 Å². The molecule has 0 fully saturated rings. The number of amides is 2. The number of primary amides is 1. The molecule has 0 aromatic rings. The van der Waals surface area contributed by atoms with Gasteiger partial charge in [-0.1, -0.05) is 0 Å². The first kappa shape index (κ1) is 8.16. The maximum atomic E-state index is 10.1. The Balaban J connectivity index is 3.68. The summed E-state index contributed by atoms with van der Waals surface area (Å²) in [5.41, 5.74) is 4.67. The molecule has 52 valence electrons. The molecule has 5 nitrogen and oxygen atoms in total. The van der Waals surface area contributed by atoms with Gasteiger partial charge in [-0.05, 0) is 0 Å². The van der Waals surface area contributed by atoms with Crippen LogP contribution in [0.5, 0.6) is 0 Å². The molecule has 0 rings (SSSR count). The van der Waals surface area contributed by atoms with E-state index in [1.54, 1.807) is 0 Å². The second kappa shape index (κ2) is 4.08. The molecule has 6 heteroatoms. The van der Waals surface area contributed by atoms with E-state index < -0.39 is 6.03 Å². The molecular formula is C3H6ClN3O2. The van der Waals surface area contributed by atoms with Crippen molar-refractivity contribution in [2.45, 2.75) is 0 Å². The van der Waals surface area contributed by atoms with Crippen molar-refractivity contribution < 1.29 is 4.79 Å². The van der Waals surface area contributed by atoms with Gasteiger partial charge in [-0.15, -0.1) is 16.5 Å².